The van der Waals surface area contributed by atoms with Crippen LogP contribution in [0.5, 0.6) is 11.5 Å². The van der Waals surface area contributed by atoms with Gasteiger partial charge in [0.1, 0.15) is 23.1 Å². The van der Waals surface area contributed by atoms with Gasteiger partial charge >= 0.3 is 0 Å². The second-order valence-corrected chi connectivity index (χ2v) is 4.70. The van der Waals surface area contributed by atoms with Crippen molar-refractivity contribution in [3.63, 3.8) is 0 Å². The number of rotatable bonds is 6. The molecule has 0 aliphatic carbocycles. The number of nitrogens with one attached hydrogen (secondary N) is 1. The highest BCUT2D eigenvalue weighted by Gasteiger charge is 2.06. The van der Waals surface area contributed by atoms with Crippen LogP contribution < -0.4 is 14.8 Å². The predicted molar refractivity (Wildman–Crippen MR) is 72.2 cm³/mol. The van der Waals surface area contributed by atoms with E-state index < -0.39 is 0 Å². The van der Waals surface area contributed by atoms with E-state index in [0.717, 1.165) is 28.6 Å². The van der Waals surface area contributed by atoms with Crippen molar-refractivity contribution in [2.24, 2.45) is 0 Å². The Labute approximate surface area is 111 Å². The fourth-order valence-electron chi connectivity index (χ4n) is 1.60. The van der Waals surface area contributed by atoms with Crippen LogP contribution in [0.25, 0.3) is 0 Å². The zero-order chi connectivity index (χ0) is 12.8. The number of hydrogen-bond acceptors (Lipinski definition) is 5. The highest BCUT2D eigenvalue weighted by atomic mass is 32.1. The van der Waals surface area contributed by atoms with Gasteiger partial charge in [-0.1, -0.05) is 6.07 Å². The van der Waals surface area contributed by atoms with E-state index in [0.29, 0.717) is 6.61 Å². The Kier molecular flexibility index (Phi) is 4.55. The molecule has 5 heteroatoms. The Morgan fingerprint density at radius 2 is 2.28 bits per heavy atom. The molecule has 0 spiro atoms. The van der Waals surface area contributed by atoms with E-state index in [4.69, 9.17) is 9.47 Å². The maximum Gasteiger partial charge on any atom is 0.140 e. The zero-order valence-electron chi connectivity index (χ0n) is 10.5. The Balaban J connectivity index is 2.12. The summed E-state index contributed by atoms with van der Waals surface area (Å²) in [5.41, 5.74) is 1.11. The molecule has 96 valence electrons. The van der Waals surface area contributed by atoms with E-state index in [9.17, 15) is 0 Å². The molecule has 0 atom stereocenters. The van der Waals surface area contributed by atoms with Crippen molar-refractivity contribution in [1.82, 2.24) is 10.3 Å². The Morgan fingerprint density at radius 3 is 2.94 bits per heavy atom. The molecule has 4 nitrogen and oxygen atoms in total. The topological polar surface area (TPSA) is 43.4 Å². The number of benzene rings is 1. The maximum absolute atomic E-state index is 5.80. The van der Waals surface area contributed by atoms with Gasteiger partial charge in [-0.3, -0.25) is 0 Å². The normalized spacial score (nSPS) is 10.3. The SMILES string of the molecule is CNCc1ccc(OC)cc1OCc1nccs1. The molecule has 0 saturated heterocycles. The zero-order valence-corrected chi connectivity index (χ0v) is 11.3. The van der Waals surface area contributed by atoms with Crippen LogP contribution in [0.3, 0.4) is 0 Å². The molecule has 0 unspecified atom stereocenters. The Bertz CT molecular complexity index is 486. The number of aromatic nitrogens is 1. The van der Waals surface area contributed by atoms with E-state index >= 15 is 0 Å². The van der Waals surface area contributed by atoms with Crippen LogP contribution in [-0.4, -0.2) is 19.1 Å². The molecule has 1 heterocycles. The summed E-state index contributed by atoms with van der Waals surface area (Å²) >= 11 is 1.59. The van der Waals surface area contributed by atoms with Gasteiger partial charge in [0.2, 0.25) is 0 Å². The standard InChI is InChI=1S/C13H16N2O2S/c1-14-8-10-3-4-11(16-2)7-12(10)17-9-13-15-5-6-18-13/h3-7,14H,8-9H2,1-2H3. The minimum absolute atomic E-state index is 0.488. The molecular weight excluding hydrogens is 248 g/mol. The lowest BCUT2D eigenvalue weighted by Gasteiger charge is -2.12. The van der Waals surface area contributed by atoms with Gasteiger partial charge in [0.15, 0.2) is 0 Å². The van der Waals surface area contributed by atoms with Gasteiger partial charge in [0.05, 0.1) is 7.11 Å². The average molecular weight is 264 g/mol. The Morgan fingerprint density at radius 1 is 1.39 bits per heavy atom. The minimum Gasteiger partial charge on any atom is -0.497 e. The summed E-state index contributed by atoms with van der Waals surface area (Å²) in [6.07, 6.45) is 1.78. The van der Waals surface area contributed by atoms with Gasteiger partial charge in [-0.05, 0) is 13.1 Å². The van der Waals surface area contributed by atoms with Crippen LogP contribution in [0.1, 0.15) is 10.6 Å². The predicted octanol–water partition coefficient (Wildman–Crippen LogP) is 2.45. The van der Waals surface area contributed by atoms with Crippen molar-refractivity contribution in [1.29, 1.82) is 0 Å². The quantitative estimate of drug-likeness (QED) is 0.870. The second-order valence-electron chi connectivity index (χ2n) is 3.72. The summed E-state index contributed by atoms with van der Waals surface area (Å²) in [5.74, 6) is 1.63. The van der Waals surface area contributed by atoms with E-state index in [1.165, 1.54) is 0 Å². The minimum atomic E-state index is 0.488. The molecule has 0 saturated carbocycles. The van der Waals surface area contributed by atoms with Gasteiger partial charge in [-0.25, -0.2) is 4.98 Å². The largest absolute Gasteiger partial charge is 0.497 e. The highest BCUT2D eigenvalue weighted by Crippen LogP contribution is 2.25. The fourth-order valence-corrected chi connectivity index (χ4v) is 2.12. The van der Waals surface area contributed by atoms with Crippen LogP contribution in [0.2, 0.25) is 0 Å². The van der Waals surface area contributed by atoms with Gasteiger partial charge < -0.3 is 14.8 Å². The summed E-state index contributed by atoms with van der Waals surface area (Å²) in [7, 11) is 3.56. The third-order valence-electron chi connectivity index (χ3n) is 2.48. The maximum atomic E-state index is 5.80. The van der Waals surface area contributed by atoms with Crippen molar-refractivity contribution in [2.45, 2.75) is 13.2 Å². The highest BCUT2D eigenvalue weighted by molar-refractivity contribution is 7.09. The summed E-state index contributed by atoms with van der Waals surface area (Å²) in [6.45, 7) is 1.25. The van der Waals surface area contributed by atoms with E-state index in [1.54, 1.807) is 24.6 Å². The van der Waals surface area contributed by atoms with E-state index in [-0.39, 0.29) is 0 Å². The van der Waals surface area contributed by atoms with Crippen molar-refractivity contribution in [3.05, 3.63) is 40.3 Å². The second kappa shape index (κ2) is 6.37. The molecule has 0 aliphatic rings. The van der Waals surface area contributed by atoms with Crippen LogP contribution in [0.15, 0.2) is 29.8 Å². The summed E-state index contributed by atoms with van der Waals surface area (Å²) in [5, 5.41) is 6.03. The molecule has 0 radical (unpaired) electrons. The van der Waals surface area contributed by atoms with Gasteiger partial charge in [-0.15, -0.1) is 11.3 Å². The summed E-state index contributed by atoms with van der Waals surface area (Å²) < 4.78 is 11.0. The van der Waals surface area contributed by atoms with Gasteiger partial charge in [0, 0.05) is 29.8 Å². The molecule has 1 aromatic heterocycles. The van der Waals surface area contributed by atoms with Crippen LogP contribution in [0.4, 0.5) is 0 Å². The molecule has 0 fully saturated rings. The van der Waals surface area contributed by atoms with E-state index in [1.807, 2.05) is 30.6 Å². The number of hydrogen-bond donors (Lipinski definition) is 1. The fraction of sp³-hybridized carbons (Fsp3) is 0.308. The smallest absolute Gasteiger partial charge is 0.140 e. The molecule has 1 aromatic carbocycles. The first-order valence-corrected chi connectivity index (χ1v) is 6.54. The molecule has 2 aromatic rings. The molecule has 0 bridgehead atoms. The van der Waals surface area contributed by atoms with Crippen molar-refractivity contribution in [3.8, 4) is 11.5 Å². The molecular formula is C13H16N2O2S. The average Bonchev–Trinajstić information content (AvgIpc) is 2.91. The summed E-state index contributed by atoms with van der Waals surface area (Å²) in [4.78, 5) is 4.20. The lowest BCUT2D eigenvalue weighted by atomic mass is 10.2. The summed E-state index contributed by atoms with van der Waals surface area (Å²) in [6, 6.07) is 5.84. The number of methoxy groups -OCH3 is 1. The first-order valence-electron chi connectivity index (χ1n) is 5.66. The van der Waals surface area contributed by atoms with E-state index in [2.05, 4.69) is 10.3 Å². The van der Waals surface area contributed by atoms with Crippen molar-refractivity contribution < 1.29 is 9.47 Å². The number of nitrogens with zero attached hydrogens (tertiary/aromatic N) is 1. The van der Waals surface area contributed by atoms with Crippen LogP contribution in [0, 0.1) is 0 Å². The Hall–Kier alpha value is -1.59. The van der Waals surface area contributed by atoms with Crippen molar-refractivity contribution in [2.75, 3.05) is 14.2 Å². The van der Waals surface area contributed by atoms with Crippen LogP contribution >= 0.6 is 11.3 Å². The third-order valence-corrected chi connectivity index (χ3v) is 3.23. The lowest BCUT2D eigenvalue weighted by molar-refractivity contribution is 0.299. The molecule has 2 rings (SSSR count). The van der Waals surface area contributed by atoms with Gasteiger partial charge in [-0.2, -0.15) is 0 Å². The molecule has 18 heavy (non-hydrogen) atoms. The van der Waals surface area contributed by atoms with Gasteiger partial charge in [0.25, 0.3) is 0 Å². The number of ether oxygens (including phenoxy) is 2. The van der Waals surface area contributed by atoms with Crippen molar-refractivity contribution >= 4 is 11.3 Å². The van der Waals surface area contributed by atoms with Crippen LogP contribution in [-0.2, 0) is 13.2 Å². The first kappa shape index (κ1) is 12.9. The first-order chi connectivity index (χ1) is 8.83. The molecule has 0 aliphatic heterocycles. The monoisotopic (exact) mass is 264 g/mol. The lowest BCUT2D eigenvalue weighted by Crippen LogP contribution is -2.07. The molecule has 1 N–H and O–H groups in total. The molecule has 0 amide bonds. The third kappa shape index (κ3) is 3.21. The number of thiazole rings is 1.